The summed E-state index contributed by atoms with van der Waals surface area (Å²) in [6, 6.07) is 12.9. The minimum Gasteiger partial charge on any atom is -0.351 e. The van der Waals surface area contributed by atoms with Crippen LogP contribution in [0, 0.1) is 19.8 Å². The third-order valence-corrected chi connectivity index (χ3v) is 8.55. The molecular weight excluding hydrogens is 462 g/mol. The van der Waals surface area contributed by atoms with Crippen molar-refractivity contribution >= 4 is 11.8 Å². The van der Waals surface area contributed by atoms with Gasteiger partial charge in [-0.2, -0.15) is 0 Å². The van der Waals surface area contributed by atoms with Gasteiger partial charge in [0.2, 0.25) is 11.8 Å². The van der Waals surface area contributed by atoms with Crippen LogP contribution in [0.4, 0.5) is 0 Å². The van der Waals surface area contributed by atoms with Gasteiger partial charge in [0.1, 0.15) is 0 Å². The number of aromatic nitrogens is 1. The normalized spacial score (nSPS) is 24.4. The van der Waals surface area contributed by atoms with E-state index >= 15 is 0 Å². The van der Waals surface area contributed by atoms with Crippen LogP contribution in [0.5, 0.6) is 0 Å². The first-order valence-corrected chi connectivity index (χ1v) is 14.0. The number of amides is 2. The van der Waals surface area contributed by atoms with Crippen LogP contribution in [0.2, 0.25) is 0 Å². The van der Waals surface area contributed by atoms with Crippen LogP contribution in [0.15, 0.2) is 36.4 Å². The number of carbonyl (C=O) groups excluding carboxylic acids is 2. The van der Waals surface area contributed by atoms with Gasteiger partial charge in [0.05, 0.1) is 6.04 Å². The van der Waals surface area contributed by atoms with Crippen molar-refractivity contribution in [2.45, 2.75) is 77.7 Å². The zero-order valence-corrected chi connectivity index (χ0v) is 22.9. The minimum atomic E-state index is -0.209. The summed E-state index contributed by atoms with van der Waals surface area (Å²) in [6.45, 7) is 10.7. The van der Waals surface area contributed by atoms with Crippen LogP contribution in [-0.2, 0) is 29.7 Å². The lowest BCUT2D eigenvalue weighted by Gasteiger charge is -2.35. The van der Waals surface area contributed by atoms with Gasteiger partial charge in [0.15, 0.2) is 0 Å². The standard InChI is InChI=1S/C30H43N5O2/c1-21-6-5-7-25(14-21)18-35(29(36)15-24-9-10-24)27-16-28(30(37)33-13-12-31-22(2)17-33)34(20-27)19-26-11-8-23(3)32(26)4/h5-8,11,14,22,24,27-28,31H,9-10,12-13,15-20H2,1-4H3. The molecule has 2 aromatic rings. The number of likely N-dealkylation sites (tertiary alicyclic amines) is 1. The van der Waals surface area contributed by atoms with E-state index in [4.69, 9.17) is 0 Å². The van der Waals surface area contributed by atoms with E-state index in [9.17, 15) is 9.59 Å². The maximum absolute atomic E-state index is 13.9. The summed E-state index contributed by atoms with van der Waals surface area (Å²) < 4.78 is 2.21. The molecule has 1 aromatic heterocycles. The molecule has 5 rings (SSSR count). The molecule has 0 radical (unpaired) electrons. The highest BCUT2D eigenvalue weighted by molar-refractivity contribution is 5.83. The average Bonchev–Trinajstić information content (AvgIpc) is 3.51. The van der Waals surface area contributed by atoms with Gasteiger partial charge in [-0.1, -0.05) is 29.8 Å². The molecule has 3 heterocycles. The molecule has 0 spiro atoms. The zero-order chi connectivity index (χ0) is 26.1. The quantitative estimate of drug-likeness (QED) is 0.599. The minimum absolute atomic E-state index is 0.0300. The summed E-state index contributed by atoms with van der Waals surface area (Å²) in [5.41, 5.74) is 4.80. The second kappa shape index (κ2) is 11.0. The summed E-state index contributed by atoms with van der Waals surface area (Å²) in [4.78, 5) is 34.0. The van der Waals surface area contributed by atoms with Crippen molar-refractivity contribution in [3.05, 3.63) is 58.9 Å². The predicted molar refractivity (Wildman–Crippen MR) is 146 cm³/mol. The van der Waals surface area contributed by atoms with E-state index in [0.717, 1.165) is 39.0 Å². The number of rotatable bonds is 8. The lowest BCUT2D eigenvalue weighted by molar-refractivity contribution is -0.138. The molecule has 1 N–H and O–H groups in total. The van der Waals surface area contributed by atoms with Crippen molar-refractivity contribution in [3.8, 4) is 0 Å². The molecule has 1 saturated carbocycles. The molecule has 3 fully saturated rings. The summed E-state index contributed by atoms with van der Waals surface area (Å²) in [5.74, 6) is 0.996. The van der Waals surface area contributed by atoms with Gasteiger partial charge in [-0.25, -0.2) is 0 Å². The van der Waals surface area contributed by atoms with Crippen LogP contribution in [-0.4, -0.2) is 75.4 Å². The SMILES string of the molecule is Cc1cccc(CN(C(=O)CC2CC2)C2CC(C(=O)N3CCNC(C)C3)N(Cc3ccc(C)n3C)C2)c1. The summed E-state index contributed by atoms with van der Waals surface area (Å²) in [6.07, 6.45) is 3.65. The fourth-order valence-corrected chi connectivity index (χ4v) is 6.03. The first-order chi connectivity index (χ1) is 17.8. The van der Waals surface area contributed by atoms with Crippen molar-refractivity contribution in [1.82, 2.24) is 24.6 Å². The molecule has 3 atom stereocenters. The predicted octanol–water partition coefficient (Wildman–Crippen LogP) is 3.23. The third-order valence-electron chi connectivity index (χ3n) is 8.55. The summed E-state index contributed by atoms with van der Waals surface area (Å²) in [7, 11) is 2.09. The Morgan fingerprint density at radius 3 is 2.59 bits per heavy atom. The first-order valence-electron chi connectivity index (χ1n) is 14.0. The highest BCUT2D eigenvalue weighted by Crippen LogP contribution is 2.35. The van der Waals surface area contributed by atoms with Gasteiger partial charge < -0.3 is 19.7 Å². The van der Waals surface area contributed by atoms with Crippen LogP contribution >= 0.6 is 0 Å². The second-order valence-corrected chi connectivity index (χ2v) is 11.7. The Kier molecular flexibility index (Phi) is 7.72. The fraction of sp³-hybridized carbons (Fsp3) is 0.600. The number of nitrogens with one attached hydrogen (secondary N) is 1. The van der Waals surface area contributed by atoms with Gasteiger partial charge in [0, 0.05) is 76.2 Å². The van der Waals surface area contributed by atoms with Gasteiger partial charge in [-0.05, 0) is 63.6 Å². The fourth-order valence-electron chi connectivity index (χ4n) is 6.03. The van der Waals surface area contributed by atoms with Gasteiger partial charge in [-0.15, -0.1) is 0 Å². The van der Waals surface area contributed by atoms with E-state index in [1.807, 2.05) is 4.90 Å². The number of hydrogen-bond donors (Lipinski definition) is 1. The van der Waals surface area contributed by atoms with Crippen LogP contribution in [0.25, 0.3) is 0 Å². The molecule has 1 aliphatic carbocycles. The molecule has 1 aromatic carbocycles. The zero-order valence-electron chi connectivity index (χ0n) is 22.9. The Morgan fingerprint density at radius 1 is 1.11 bits per heavy atom. The average molecular weight is 506 g/mol. The van der Waals surface area contributed by atoms with Crippen LogP contribution in [0.3, 0.4) is 0 Å². The molecule has 200 valence electrons. The van der Waals surface area contributed by atoms with Gasteiger partial charge >= 0.3 is 0 Å². The van der Waals surface area contributed by atoms with Crippen molar-refractivity contribution in [2.24, 2.45) is 13.0 Å². The number of benzene rings is 1. The lowest BCUT2D eigenvalue weighted by atomic mass is 10.1. The highest BCUT2D eigenvalue weighted by atomic mass is 16.2. The number of piperazine rings is 1. The maximum Gasteiger partial charge on any atom is 0.240 e. The molecule has 0 bridgehead atoms. The molecule has 37 heavy (non-hydrogen) atoms. The number of nitrogens with zero attached hydrogens (tertiary/aromatic N) is 4. The van der Waals surface area contributed by atoms with E-state index in [1.165, 1.54) is 22.5 Å². The lowest BCUT2D eigenvalue weighted by Crippen LogP contribution is -2.55. The van der Waals surface area contributed by atoms with Crippen molar-refractivity contribution < 1.29 is 9.59 Å². The topological polar surface area (TPSA) is 60.8 Å². The highest BCUT2D eigenvalue weighted by Gasteiger charge is 2.43. The largest absolute Gasteiger partial charge is 0.351 e. The van der Waals surface area contributed by atoms with E-state index in [1.54, 1.807) is 0 Å². The first kappa shape index (κ1) is 26.0. The van der Waals surface area contributed by atoms with Gasteiger partial charge in [-0.3, -0.25) is 14.5 Å². The molecule has 3 aliphatic rings. The van der Waals surface area contributed by atoms with E-state index < -0.39 is 0 Å². The van der Waals surface area contributed by atoms with E-state index in [0.29, 0.717) is 37.9 Å². The van der Waals surface area contributed by atoms with Gasteiger partial charge in [0.25, 0.3) is 0 Å². The van der Waals surface area contributed by atoms with Crippen LogP contribution in [0.1, 0.15) is 55.1 Å². The smallest absolute Gasteiger partial charge is 0.240 e. The van der Waals surface area contributed by atoms with E-state index in [2.05, 4.69) is 83.9 Å². The number of hydrogen-bond acceptors (Lipinski definition) is 4. The van der Waals surface area contributed by atoms with E-state index in [-0.39, 0.29) is 23.9 Å². The molecule has 3 unspecified atom stereocenters. The monoisotopic (exact) mass is 505 g/mol. The Morgan fingerprint density at radius 2 is 1.92 bits per heavy atom. The Labute approximate surface area is 221 Å². The third kappa shape index (κ3) is 6.10. The molecule has 2 saturated heterocycles. The Balaban J connectivity index is 1.40. The number of carbonyl (C=O) groups is 2. The molecular formula is C30H43N5O2. The van der Waals surface area contributed by atoms with Crippen molar-refractivity contribution in [1.29, 1.82) is 0 Å². The molecule has 2 amide bonds. The van der Waals surface area contributed by atoms with Crippen molar-refractivity contribution in [3.63, 3.8) is 0 Å². The van der Waals surface area contributed by atoms with Crippen molar-refractivity contribution in [2.75, 3.05) is 26.2 Å². The van der Waals surface area contributed by atoms with Crippen LogP contribution < -0.4 is 5.32 Å². The summed E-state index contributed by atoms with van der Waals surface area (Å²) >= 11 is 0. The summed E-state index contributed by atoms with van der Waals surface area (Å²) in [5, 5.41) is 3.45. The maximum atomic E-state index is 13.9. The Hall–Kier alpha value is -2.64. The molecule has 7 heteroatoms. The second-order valence-electron chi connectivity index (χ2n) is 11.7. The Bertz CT molecular complexity index is 1120. The number of aryl methyl sites for hydroxylation is 2. The molecule has 2 aliphatic heterocycles. The molecule has 7 nitrogen and oxygen atoms in total.